The molecule has 25 heavy (non-hydrogen) atoms. The number of nitrogens with one attached hydrogen (secondary N) is 1. The van der Waals surface area contributed by atoms with Crippen molar-refractivity contribution < 1.29 is 9.53 Å². The van der Waals surface area contributed by atoms with Crippen LogP contribution < -0.4 is 10.1 Å². The van der Waals surface area contributed by atoms with Crippen LogP contribution in [0.1, 0.15) is 12.5 Å². The van der Waals surface area contributed by atoms with Crippen molar-refractivity contribution in [1.82, 2.24) is 9.97 Å². The minimum atomic E-state index is -0.277. The largest absolute Gasteiger partial charge is 0.467 e. The van der Waals surface area contributed by atoms with E-state index in [1.807, 2.05) is 31.2 Å². The fourth-order valence-electron chi connectivity index (χ4n) is 2.45. The monoisotopic (exact) mass is 375 g/mol. The molecule has 0 aliphatic heterocycles. The number of amides is 1. The zero-order valence-corrected chi connectivity index (χ0v) is 14.9. The number of aryl methyl sites for hydroxylation is 1. The zero-order valence-electron chi connectivity index (χ0n) is 13.4. The molecule has 0 aliphatic carbocycles. The number of carbonyl (C=O) groups is 1. The number of hydrogen-bond donors (Lipinski definition) is 1. The van der Waals surface area contributed by atoms with Crippen LogP contribution in [0.3, 0.4) is 0 Å². The van der Waals surface area contributed by atoms with Gasteiger partial charge in [-0.2, -0.15) is 0 Å². The number of aromatic nitrogens is 2. The lowest BCUT2D eigenvalue weighted by molar-refractivity contribution is -0.118. The molecule has 0 aliphatic rings. The van der Waals surface area contributed by atoms with Crippen LogP contribution in [0.4, 0.5) is 5.69 Å². The molecule has 0 saturated heterocycles. The highest BCUT2D eigenvalue weighted by Gasteiger charge is 2.12. The van der Waals surface area contributed by atoms with E-state index in [1.165, 1.54) is 6.33 Å². The van der Waals surface area contributed by atoms with Crippen molar-refractivity contribution in [3.8, 4) is 5.88 Å². The molecule has 128 valence electrons. The van der Waals surface area contributed by atoms with E-state index in [0.29, 0.717) is 20.9 Å². The van der Waals surface area contributed by atoms with Crippen molar-refractivity contribution >= 4 is 45.7 Å². The lowest BCUT2D eigenvalue weighted by Gasteiger charge is -2.11. The predicted octanol–water partition coefficient (Wildman–Crippen LogP) is 4.52. The summed E-state index contributed by atoms with van der Waals surface area (Å²) in [6.45, 7) is 1.84. The van der Waals surface area contributed by atoms with Crippen molar-refractivity contribution in [3.05, 3.63) is 58.3 Å². The molecule has 5 nitrogen and oxygen atoms in total. The summed E-state index contributed by atoms with van der Waals surface area (Å²) in [4.78, 5) is 20.4. The van der Waals surface area contributed by atoms with Gasteiger partial charge in [0.2, 0.25) is 5.88 Å². The maximum Gasteiger partial charge on any atom is 0.262 e. The Labute approximate surface area is 155 Å². The number of ether oxygens (including phenoxy) is 1. The summed E-state index contributed by atoms with van der Waals surface area (Å²) >= 11 is 12.2. The first kappa shape index (κ1) is 17.5. The zero-order chi connectivity index (χ0) is 17.8. The third kappa shape index (κ3) is 4.00. The Bertz CT molecular complexity index is 931. The van der Waals surface area contributed by atoms with E-state index >= 15 is 0 Å². The van der Waals surface area contributed by atoms with Crippen LogP contribution in [0.2, 0.25) is 10.0 Å². The first-order valence-electron chi connectivity index (χ1n) is 7.68. The van der Waals surface area contributed by atoms with Gasteiger partial charge in [0.1, 0.15) is 6.33 Å². The van der Waals surface area contributed by atoms with Gasteiger partial charge in [0.05, 0.1) is 15.9 Å². The molecule has 1 amide bonds. The molecule has 0 radical (unpaired) electrons. The average molecular weight is 376 g/mol. The fraction of sp³-hybridized carbons (Fsp3) is 0.167. The second-order valence-electron chi connectivity index (χ2n) is 5.31. The predicted molar refractivity (Wildman–Crippen MR) is 99.5 cm³/mol. The second-order valence-corrected chi connectivity index (χ2v) is 6.15. The molecule has 2 aromatic carbocycles. The first-order chi connectivity index (χ1) is 12.1. The van der Waals surface area contributed by atoms with Crippen LogP contribution in [0.25, 0.3) is 10.9 Å². The number of anilines is 1. The highest BCUT2D eigenvalue weighted by Crippen LogP contribution is 2.30. The van der Waals surface area contributed by atoms with Gasteiger partial charge in [-0.25, -0.2) is 9.97 Å². The van der Waals surface area contributed by atoms with Crippen LogP contribution in [-0.2, 0) is 11.2 Å². The Morgan fingerprint density at radius 2 is 2.00 bits per heavy atom. The normalized spacial score (nSPS) is 10.7. The summed E-state index contributed by atoms with van der Waals surface area (Å²) in [5.41, 5.74) is 2.35. The van der Waals surface area contributed by atoms with Crippen LogP contribution in [0.15, 0.2) is 42.7 Å². The molecular formula is C18H15Cl2N3O2. The smallest absolute Gasteiger partial charge is 0.262 e. The Kier molecular flexibility index (Phi) is 5.36. The average Bonchev–Trinajstić information content (AvgIpc) is 2.60. The van der Waals surface area contributed by atoms with Gasteiger partial charge in [-0.15, -0.1) is 0 Å². The molecule has 1 heterocycles. The van der Waals surface area contributed by atoms with Gasteiger partial charge in [-0.05, 0) is 30.2 Å². The van der Waals surface area contributed by atoms with Crippen molar-refractivity contribution in [2.24, 2.45) is 0 Å². The van der Waals surface area contributed by atoms with Crippen LogP contribution >= 0.6 is 23.2 Å². The number of fused-ring (bicyclic) bond motifs is 1. The molecular weight excluding hydrogens is 361 g/mol. The van der Waals surface area contributed by atoms with Crippen molar-refractivity contribution in [2.45, 2.75) is 13.3 Å². The lowest BCUT2D eigenvalue weighted by Crippen LogP contribution is -2.21. The number of nitrogens with zero attached hydrogens (tertiary/aromatic N) is 2. The molecule has 0 bridgehead atoms. The van der Waals surface area contributed by atoms with Gasteiger partial charge >= 0.3 is 0 Å². The van der Waals surface area contributed by atoms with Crippen LogP contribution in [0, 0.1) is 0 Å². The molecule has 1 N–H and O–H groups in total. The van der Waals surface area contributed by atoms with E-state index in [1.54, 1.807) is 12.1 Å². The molecule has 0 saturated carbocycles. The topological polar surface area (TPSA) is 64.1 Å². The number of para-hydroxylation sites is 1. The van der Waals surface area contributed by atoms with E-state index in [2.05, 4.69) is 15.3 Å². The summed E-state index contributed by atoms with van der Waals surface area (Å²) in [6, 6.07) is 10.9. The lowest BCUT2D eigenvalue weighted by atomic mass is 10.1. The number of benzene rings is 2. The molecule has 7 heteroatoms. The number of hydrogen-bond acceptors (Lipinski definition) is 4. The van der Waals surface area contributed by atoms with Crippen molar-refractivity contribution in [3.63, 3.8) is 0 Å². The highest BCUT2D eigenvalue weighted by molar-refractivity contribution is 6.38. The highest BCUT2D eigenvalue weighted by atomic mass is 35.5. The second kappa shape index (κ2) is 7.68. The van der Waals surface area contributed by atoms with Gasteiger partial charge < -0.3 is 10.1 Å². The van der Waals surface area contributed by atoms with Gasteiger partial charge in [0.25, 0.3) is 5.91 Å². The molecule has 3 rings (SSSR count). The number of rotatable bonds is 5. The Hall–Kier alpha value is -2.37. The SMILES string of the molecule is CCc1ccccc1NC(=O)COc1ncnc2c(Cl)cc(Cl)cc12. The maximum atomic E-state index is 12.2. The summed E-state index contributed by atoms with van der Waals surface area (Å²) in [6.07, 6.45) is 2.16. The Morgan fingerprint density at radius 3 is 2.80 bits per heavy atom. The van der Waals surface area contributed by atoms with Crippen LogP contribution in [0.5, 0.6) is 5.88 Å². The molecule has 0 unspecified atom stereocenters. The molecule has 0 fully saturated rings. The minimum absolute atomic E-state index is 0.186. The first-order valence-corrected chi connectivity index (χ1v) is 8.44. The standard InChI is InChI=1S/C18H15Cl2N3O2/c1-2-11-5-3-4-6-15(11)23-16(24)9-25-18-13-7-12(19)8-14(20)17(13)21-10-22-18/h3-8,10H,2,9H2,1H3,(H,23,24). The third-order valence-electron chi connectivity index (χ3n) is 3.63. The van der Waals surface area contributed by atoms with Gasteiger partial charge in [-0.3, -0.25) is 4.79 Å². The number of carbonyl (C=O) groups excluding carboxylic acids is 1. The Balaban J connectivity index is 1.75. The quantitative estimate of drug-likeness (QED) is 0.711. The molecule has 3 aromatic rings. The van der Waals surface area contributed by atoms with Gasteiger partial charge in [0.15, 0.2) is 6.61 Å². The summed E-state index contributed by atoms with van der Waals surface area (Å²) in [5.74, 6) is -0.0193. The minimum Gasteiger partial charge on any atom is -0.467 e. The van der Waals surface area contributed by atoms with Crippen molar-refractivity contribution in [2.75, 3.05) is 11.9 Å². The van der Waals surface area contributed by atoms with E-state index in [4.69, 9.17) is 27.9 Å². The van der Waals surface area contributed by atoms with Crippen molar-refractivity contribution in [1.29, 1.82) is 0 Å². The van der Waals surface area contributed by atoms with Gasteiger partial charge in [-0.1, -0.05) is 48.3 Å². The summed E-state index contributed by atoms with van der Waals surface area (Å²) in [5, 5.41) is 4.24. The maximum absolute atomic E-state index is 12.2. The van der Waals surface area contributed by atoms with Crippen LogP contribution in [-0.4, -0.2) is 22.5 Å². The van der Waals surface area contributed by atoms with E-state index < -0.39 is 0 Å². The molecule has 0 spiro atoms. The molecule has 0 atom stereocenters. The fourth-order valence-corrected chi connectivity index (χ4v) is 3.00. The van der Waals surface area contributed by atoms with Gasteiger partial charge in [0, 0.05) is 10.7 Å². The summed E-state index contributed by atoms with van der Waals surface area (Å²) < 4.78 is 5.56. The third-order valence-corrected chi connectivity index (χ3v) is 4.14. The molecule has 1 aromatic heterocycles. The number of halogens is 2. The van der Waals surface area contributed by atoms with E-state index in [-0.39, 0.29) is 18.4 Å². The van der Waals surface area contributed by atoms with E-state index in [0.717, 1.165) is 17.7 Å². The summed E-state index contributed by atoms with van der Waals surface area (Å²) in [7, 11) is 0. The Morgan fingerprint density at radius 1 is 1.20 bits per heavy atom. The van der Waals surface area contributed by atoms with E-state index in [9.17, 15) is 4.79 Å².